The fourth-order valence-electron chi connectivity index (χ4n) is 1.95. The molecule has 0 atom stereocenters. The minimum absolute atomic E-state index is 0.161. The van der Waals surface area contributed by atoms with Crippen molar-refractivity contribution in [2.24, 2.45) is 0 Å². The highest BCUT2D eigenvalue weighted by Gasteiger charge is 2.05. The van der Waals surface area contributed by atoms with Crippen LogP contribution in [0.4, 0.5) is 5.69 Å². The number of nitrogens with one attached hydrogen (secondary N) is 1. The number of benzene rings is 2. The average Bonchev–Trinajstić information content (AvgIpc) is 2.43. The van der Waals surface area contributed by atoms with E-state index in [-0.39, 0.29) is 5.78 Å². The highest BCUT2D eigenvalue weighted by molar-refractivity contribution is 9.10. The van der Waals surface area contributed by atoms with Crippen molar-refractivity contribution in [3.63, 3.8) is 0 Å². The molecule has 0 saturated carbocycles. The smallest absolute Gasteiger partial charge is 0.164 e. The van der Waals surface area contributed by atoms with E-state index in [0.29, 0.717) is 13.0 Å². The molecule has 0 spiro atoms. The molecular formula is C17H18BrNO. The van der Waals surface area contributed by atoms with Gasteiger partial charge in [0.05, 0.1) is 0 Å². The molecule has 0 saturated heterocycles. The van der Waals surface area contributed by atoms with Crippen molar-refractivity contribution < 1.29 is 4.79 Å². The van der Waals surface area contributed by atoms with Crippen LogP contribution in [-0.2, 0) is 0 Å². The summed E-state index contributed by atoms with van der Waals surface area (Å²) in [5.74, 6) is 0.161. The number of hydrogen-bond donors (Lipinski definition) is 1. The van der Waals surface area contributed by atoms with Crippen LogP contribution < -0.4 is 5.32 Å². The van der Waals surface area contributed by atoms with Gasteiger partial charge < -0.3 is 5.32 Å². The SMILES string of the molecule is Cc1ccc(NCCC(=O)c2ccc(Br)cc2)cc1C. The molecule has 0 heterocycles. The van der Waals surface area contributed by atoms with E-state index < -0.39 is 0 Å². The van der Waals surface area contributed by atoms with Crippen molar-refractivity contribution >= 4 is 27.4 Å². The molecule has 0 bridgehead atoms. The van der Waals surface area contributed by atoms with E-state index in [1.807, 2.05) is 30.3 Å². The molecule has 2 aromatic rings. The quantitative estimate of drug-likeness (QED) is 0.801. The first-order chi connectivity index (χ1) is 9.56. The maximum atomic E-state index is 12.0. The van der Waals surface area contributed by atoms with E-state index >= 15 is 0 Å². The maximum Gasteiger partial charge on any atom is 0.164 e. The number of ketones is 1. The van der Waals surface area contributed by atoms with E-state index in [2.05, 4.69) is 47.2 Å². The number of hydrogen-bond acceptors (Lipinski definition) is 2. The first kappa shape index (κ1) is 14.8. The summed E-state index contributed by atoms with van der Waals surface area (Å²) in [5.41, 5.74) is 4.36. The Hall–Kier alpha value is -1.61. The van der Waals surface area contributed by atoms with Crippen molar-refractivity contribution in [1.29, 1.82) is 0 Å². The lowest BCUT2D eigenvalue weighted by atomic mass is 10.1. The van der Waals surface area contributed by atoms with Gasteiger partial charge in [0.1, 0.15) is 0 Å². The van der Waals surface area contributed by atoms with Crippen LogP contribution in [0.2, 0.25) is 0 Å². The summed E-state index contributed by atoms with van der Waals surface area (Å²) in [4.78, 5) is 12.0. The standard InChI is InChI=1S/C17H18BrNO/c1-12-3-8-16(11-13(12)2)19-10-9-17(20)14-4-6-15(18)7-5-14/h3-8,11,19H,9-10H2,1-2H3. The molecule has 0 amide bonds. The van der Waals surface area contributed by atoms with Gasteiger partial charge in [-0.2, -0.15) is 0 Å². The topological polar surface area (TPSA) is 29.1 Å². The molecule has 0 aliphatic carbocycles. The molecule has 0 aliphatic rings. The van der Waals surface area contributed by atoms with Crippen LogP contribution in [0.25, 0.3) is 0 Å². The minimum atomic E-state index is 0.161. The molecule has 2 rings (SSSR count). The third kappa shape index (κ3) is 3.94. The number of carbonyl (C=O) groups is 1. The number of Topliss-reactive ketones (excluding diaryl/α,β-unsaturated/α-hetero) is 1. The predicted molar refractivity (Wildman–Crippen MR) is 87.5 cm³/mol. The van der Waals surface area contributed by atoms with Gasteiger partial charge >= 0.3 is 0 Å². The molecule has 0 aromatic heterocycles. The summed E-state index contributed by atoms with van der Waals surface area (Å²) in [6, 6.07) is 13.7. The van der Waals surface area contributed by atoms with Gasteiger partial charge in [-0.15, -0.1) is 0 Å². The molecule has 20 heavy (non-hydrogen) atoms. The van der Waals surface area contributed by atoms with Crippen molar-refractivity contribution in [3.05, 3.63) is 63.6 Å². The monoisotopic (exact) mass is 331 g/mol. The molecule has 0 radical (unpaired) electrons. The third-order valence-corrected chi connectivity index (χ3v) is 3.88. The Kier molecular flexibility index (Phi) is 4.96. The largest absolute Gasteiger partial charge is 0.385 e. The second-order valence-electron chi connectivity index (χ2n) is 4.91. The predicted octanol–water partition coefficient (Wildman–Crippen LogP) is 4.75. The molecule has 2 nitrogen and oxygen atoms in total. The lowest BCUT2D eigenvalue weighted by Crippen LogP contribution is -2.09. The van der Waals surface area contributed by atoms with Crippen LogP contribution in [-0.4, -0.2) is 12.3 Å². The van der Waals surface area contributed by atoms with Crippen molar-refractivity contribution in [1.82, 2.24) is 0 Å². The van der Waals surface area contributed by atoms with Crippen LogP contribution in [0, 0.1) is 13.8 Å². The lowest BCUT2D eigenvalue weighted by molar-refractivity contribution is 0.0986. The second-order valence-corrected chi connectivity index (χ2v) is 5.82. The highest BCUT2D eigenvalue weighted by atomic mass is 79.9. The summed E-state index contributed by atoms with van der Waals surface area (Å²) >= 11 is 3.37. The molecule has 3 heteroatoms. The highest BCUT2D eigenvalue weighted by Crippen LogP contribution is 2.15. The van der Waals surface area contributed by atoms with Gasteiger partial charge in [0.2, 0.25) is 0 Å². The number of halogens is 1. The minimum Gasteiger partial charge on any atom is -0.385 e. The Morgan fingerprint density at radius 3 is 2.40 bits per heavy atom. The summed E-state index contributed by atoms with van der Waals surface area (Å²) in [5, 5.41) is 3.29. The van der Waals surface area contributed by atoms with Crippen molar-refractivity contribution in [2.75, 3.05) is 11.9 Å². The Bertz CT molecular complexity index is 605. The number of rotatable bonds is 5. The zero-order valence-corrected chi connectivity index (χ0v) is 13.3. The van der Waals surface area contributed by atoms with Crippen molar-refractivity contribution in [2.45, 2.75) is 20.3 Å². The molecule has 104 valence electrons. The fraction of sp³-hybridized carbons (Fsp3) is 0.235. The van der Waals surface area contributed by atoms with Crippen LogP contribution in [0.5, 0.6) is 0 Å². The van der Waals surface area contributed by atoms with E-state index in [4.69, 9.17) is 0 Å². The van der Waals surface area contributed by atoms with E-state index in [1.165, 1.54) is 11.1 Å². The van der Waals surface area contributed by atoms with E-state index in [1.54, 1.807) is 0 Å². The van der Waals surface area contributed by atoms with Gasteiger partial charge in [0.15, 0.2) is 5.78 Å². The van der Waals surface area contributed by atoms with Gasteiger partial charge in [-0.25, -0.2) is 0 Å². The summed E-state index contributed by atoms with van der Waals surface area (Å²) in [6.45, 7) is 4.83. The average molecular weight is 332 g/mol. The van der Waals surface area contributed by atoms with Crippen LogP contribution in [0.1, 0.15) is 27.9 Å². The first-order valence-electron chi connectivity index (χ1n) is 6.66. The Labute approximate surface area is 128 Å². The van der Waals surface area contributed by atoms with E-state index in [9.17, 15) is 4.79 Å². The summed E-state index contributed by atoms with van der Waals surface area (Å²) < 4.78 is 0.988. The Morgan fingerprint density at radius 2 is 1.75 bits per heavy atom. The van der Waals surface area contributed by atoms with Crippen molar-refractivity contribution in [3.8, 4) is 0 Å². The maximum absolute atomic E-state index is 12.0. The van der Waals surface area contributed by atoms with E-state index in [0.717, 1.165) is 15.7 Å². The van der Waals surface area contributed by atoms with Crippen LogP contribution in [0.3, 0.4) is 0 Å². The van der Waals surface area contributed by atoms with Crippen LogP contribution in [0.15, 0.2) is 46.9 Å². The fourth-order valence-corrected chi connectivity index (χ4v) is 2.22. The molecule has 0 aliphatic heterocycles. The summed E-state index contributed by atoms with van der Waals surface area (Å²) in [6.07, 6.45) is 0.495. The molecule has 1 N–H and O–H groups in total. The zero-order chi connectivity index (χ0) is 14.5. The number of anilines is 1. The van der Waals surface area contributed by atoms with Crippen LogP contribution >= 0.6 is 15.9 Å². The summed E-state index contributed by atoms with van der Waals surface area (Å²) in [7, 11) is 0. The number of carbonyl (C=O) groups excluding carboxylic acids is 1. The Morgan fingerprint density at radius 1 is 1.05 bits per heavy atom. The third-order valence-electron chi connectivity index (χ3n) is 3.35. The van der Waals surface area contributed by atoms with Gasteiger partial charge in [0.25, 0.3) is 0 Å². The van der Waals surface area contributed by atoms with Gasteiger partial charge in [-0.3, -0.25) is 4.79 Å². The van der Waals surface area contributed by atoms with Gasteiger partial charge in [0, 0.05) is 28.7 Å². The first-order valence-corrected chi connectivity index (χ1v) is 7.45. The normalized spacial score (nSPS) is 10.3. The lowest BCUT2D eigenvalue weighted by Gasteiger charge is -2.08. The number of aryl methyl sites for hydroxylation is 2. The molecular weight excluding hydrogens is 314 g/mol. The van der Waals surface area contributed by atoms with Gasteiger partial charge in [-0.1, -0.05) is 34.1 Å². The molecule has 0 unspecified atom stereocenters. The Balaban J connectivity index is 1.87. The zero-order valence-electron chi connectivity index (χ0n) is 11.7. The second kappa shape index (κ2) is 6.71. The molecule has 2 aromatic carbocycles. The molecule has 0 fully saturated rings. The van der Waals surface area contributed by atoms with Gasteiger partial charge in [-0.05, 0) is 49.2 Å².